The number of amides is 1. The maximum atomic E-state index is 12.1. The molecule has 0 saturated heterocycles. The summed E-state index contributed by atoms with van der Waals surface area (Å²) in [4.78, 5) is 24.0. The van der Waals surface area contributed by atoms with Crippen molar-refractivity contribution in [1.82, 2.24) is 5.32 Å². The Bertz CT molecular complexity index is 757. The monoisotopic (exact) mass is 343 g/mol. The number of esters is 1. The fourth-order valence-electron chi connectivity index (χ4n) is 2.29. The number of hydrogen-bond acceptors (Lipinski definition) is 5. The van der Waals surface area contributed by atoms with Crippen molar-refractivity contribution in [2.75, 3.05) is 20.8 Å². The molecule has 0 aliphatic heterocycles. The van der Waals surface area contributed by atoms with E-state index in [0.717, 1.165) is 11.1 Å². The minimum absolute atomic E-state index is 0.294. The van der Waals surface area contributed by atoms with Crippen molar-refractivity contribution >= 4 is 11.9 Å². The molecule has 0 spiro atoms. The van der Waals surface area contributed by atoms with Gasteiger partial charge in [-0.3, -0.25) is 4.79 Å². The normalized spacial score (nSPS) is 10.0. The van der Waals surface area contributed by atoms with E-state index in [-0.39, 0.29) is 12.5 Å². The topological polar surface area (TPSA) is 73.9 Å². The van der Waals surface area contributed by atoms with Crippen LogP contribution in [-0.4, -0.2) is 32.7 Å². The number of nitrogens with one attached hydrogen (secondary N) is 1. The third-order valence-corrected chi connectivity index (χ3v) is 3.66. The summed E-state index contributed by atoms with van der Waals surface area (Å²) in [5.74, 6) is 0.412. The zero-order chi connectivity index (χ0) is 18.2. The van der Waals surface area contributed by atoms with Crippen LogP contribution in [0.3, 0.4) is 0 Å². The van der Waals surface area contributed by atoms with Crippen LogP contribution in [0, 0.1) is 6.92 Å². The fourth-order valence-corrected chi connectivity index (χ4v) is 2.29. The Hall–Kier alpha value is -3.02. The van der Waals surface area contributed by atoms with Gasteiger partial charge in [0.15, 0.2) is 6.61 Å². The summed E-state index contributed by atoms with van der Waals surface area (Å²) in [7, 11) is 3.12. The minimum Gasteiger partial charge on any atom is -0.497 e. The summed E-state index contributed by atoms with van der Waals surface area (Å²) in [6.45, 7) is 1.72. The van der Waals surface area contributed by atoms with Crippen LogP contribution < -0.4 is 14.8 Å². The van der Waals surface area contributed by atoms with Crippen LogP contribution in [0.25, 0.3) is 0 Å². The van der Waals surface area contributed by atoms with E-state index < -0.39 is 5.97 Å². The molecule has 0 fully saturated rings. The van der Waals surface area contributed by atoms with Gasteiger partial charge in [-0.05, 0) is 36.8 Å². The lowest BCUT2D eigenvalue weighted by Crippen LogP contribution is -2.28. The van der Waals surface area contributed by atoms with E-state index >= 15 is 0 Å². The summed E-state index contributed by atoms with van der Waals surface area (Å²) < 4.78 is 15.4. The lowest BCUT2D eigenvalue weighted by atomic mass is 10.1. The summed E-state index contributed by atoms with van der Waals surface area (Å²) in [6.07, 6.45) is 0. The van der Waals surface area contributed by atoms with Crippen LogP contribution in [0.1, 0.15) is 21.5 Å². The van der Waals surface area contributed by atoms with Gasteiger partial charge in [0.05, 0.1) is 19.8 Å². The zero-order valence-corrected chi connectivity index (χ0v) is 14.5. The largest absolute Gasteiger partial charge is 0.497 e. The number of rotatable bonds is 7. The number of para-hydroxylation sites is 1. The van der Waals surface area contributed by atoms with Gasteiger partial charge < -0.3 is 19.5 Å². The lowest BCUT2D eigenvalue weighted by Gasteiger charge is -2.11. The van der Waals surface area contributed by atoms with Gasteiger partial charge in [-0.1, -0.05) is 18.2 Å². The van der Waals surface area contributed by atoms with Crippen molar-refractivity contribution in [3.8, 4) is 11.5 Å². The van der Waals surface area contributed by atoms with Crippen molar-refractivity contribution in [1.29, 1.82) is 0 Å². The van der Waals surface area contributed by atoms with Crippen LogP contribution in [0.2, 0.25) is 0 Å². The molecule has 0 aliphatic carbocycles. The average Bonchev–Trinajstić information content (AvgIpc) is 2.64. The Labute approximate surface area is 146 Å². The highest BCUT2D eigenvalue weighted by atomic mass is 16.5. The Morgan fingerprint density at radius 3 is 2.48 bits per heavy atom. The molecule has 25 heavy (non-hydrogen) atoms. The molecular weight excluding hydrogens is 322 g/mol. The SMILES string of the molecule is COc1ccc(C(=O)OCC(=O)NCc2ccccc2OC)c(C)c1. The molecular formula is C19H21NO5. The molecule has 0 aromatic heterocycles. The number of benzene rings is 2. The fraction of sp³-hybridized carbons (Fsp3) is 0.263. The highest BCUT2D eigenvalue weighted by Gasteiger charge is 2.13. The summed E-state index contributed by atoms with van der Waals surface area (Å²) in [5.41, 5.74) is 1.97. The molecule has 6 heteroatoms. The first-order valence-electron chi connectivity index (χ1n) is 7.75. The van der Waals surface area contributed by atoms with Gasteiger partial charge in [0.1, 0.15) is 11.5 Å². The van der Waals surface area contributed by atoms with E-state index in [1.807, 2.05) is 24.3 Å². The van der Waals surface area contributed by atoms with Gasteiger partial charge in [0, 0.05) is 12.1 Å². The Morgan fingerprint density at radius 2 is 1.80 bits per heavy atom. The van der Waals surface area contributed by atoms with Crippen molar-refractivity contribution in [2.24, 2.45) is 0 Å². The molecule has 0 saturated carbocycles. The van der Waals surface area contributed by atoms with Crippen LogP contribution >= 0.6 is 0 Å². The minimum atomic E-state index is -0.549. The maximum absolute atomic E-state index is 12.1. The van der Waals surface area contributed by atoms with Gasteiger partial charge in [-0.25, -0.2) is 4.79 Å². The maximum Gasteiger partial charge on any atom is 0.338 e. The Kier molecular flexibility index (Phi) is 6.39. The molecule has 2 aromatic rings. The first kappa shape index (κ1) is 18.3. The van der Waals surface area contributed by atoms with Crippen molar-refractivity contribution in [3.05, 3.63) is 59.2 Å². The molecule has 0 radical (unpaired) electrons. The second kappa shape index (κ2) is 8.73. The van der Waals surface area contributed by atoms with Crippen molar-refractivity contribution in [3.63, 3.8) is 0 Å². The molecule has 0 unspecified atom stereocenters. The highest BCUT2D eigenvalue weighted by Crippen LogP contribution is 2.18. The van der Waals surface area contributed by atoms with Crippen LogP contribution in [0.5, 0.6) is 11.5 Å². The quantitative estimate of drug-likeness (QED) is 0.782. The standard InChI is InChI=1S/C19H21NO5/c1-13-10-15(23-2)8-9-16(13)19(22)25-12-18(21)20-11-14-6-4-5-7-17(14)24-3/h4-10H,11-12H2,1-3H3,(H,20,21). The molecule has 1 amide bonds. The van der Waals surface area contributed by atoms with Crippen LogP contribution in [0.4, 0.5) is 0 Å². The van der Waals surface area contributed by atoms with E-state index in [4.69, 9.17) is 14.2 Å². The molecule has 2 aromatic carbocycles. The number of carbonyl (C=O) groups excluding carboxylic acids is 2. The van der Waals surface area contributed by atoms with Gasteiger partial charge in [0.25, 0.3) is 5.91 Å². The molecule has 0 bridgehead atoms. The molecule has 0 aliphatic rings. The molecule has 2 rings (SSSR count). The molecule has 0 atom stereocenters. The van der Waals surface area contributed by atoms with E-state index in [2.05, 4.69) is 5.32 Å². The third-order valence-electron chi connectivity index (χ3n) is 3.66. The highest BCUT2D eigenvalue weighted by molar-refractivity contribution is 5.92. The van der Waals surface area contributed by atoms with Gasteiger partial charge in [-0.2, -0.15) is 0 Å². The molecule has 1 N–H and O–H groups in total. The summed E-state index contributed by atoms with van der Waals surface area (Å²) in [5, 5.41) is 2.70. The number of carbonyl (C=O) groups is 2. The second-order valence-electron chi connectivity index (χ2n) is 5.35. The summed E-state index contributed by atoms with van der Waals surface area (Å²) >= 11 is 0. The van der Waals surface area contributed by atoms with E-state index in [1.165, 1.54) is 0 Å². The predicted molar refractivity (Wildman–Crippen MR) is 92.9 cm³/mol. The molecule has 132 valence electrons. The van der Waals surface area contributed by atoms with Gasteiger partial charge in [-0.15, -0.1) is 0 Å². The van der Waals surface area contributed by atoms with Crippen LogP contribution in [-0.2, 0) is 16.1 Å². The van der Waals surface area contributed by atoms with Crippen LogP contribution in [0.15, 0.2) is 42.5 Å². The Balaban J connectivity index is 1.86. The number of hydrogen-bond donors (Lipinski definition) is 1. The lowest BCUT2D eigenvalue weighted by molar-refractivity contribution is -0.124. The van der Waals surface area contributed by atoms with E-state index in [9.17, 15) is 9.59 Å². The first-order valence-corrected chi connectivity index (χ1v) is 7.75. The number of ether oxygens (including phenoxy) is 3. The van der Waals surface area contributed by atoms with Gasteiger partial charge in [0.2, 0.25) is 0 Å². The van der Waals surface area contributed by atoms with Crippen molar-refractivity contribution < 1.29 is 23.8 Å². The third kappa shape index (κ3) is 4.97. The Morgan fingerprint density at radius 1 is 1.04 bits per heavy atom. The smallest absolute Gasteiger partial charge is 0.338 e. The molecule has 6 nitrogen and oxygen atoms in total. The second-order valence-corrected chi connectivity index (χ2v) is 5.35. The van der Waals surface area contributed by atoms with E-state index in [1.54, 1.807) is 39.3 Å². The predicted octanol–water partition coefficient (Wildman–Crippen LogP) is 2.49. The average molecular weight is 343 g/mol. The van der Waals surface area contributed by atoms with Gasteiger partial charge >= 0.3 is 5.97 Å². The van der Waals surface area contributed by atoms with E-state index in [0.29, 0.717) is 23.6 Å². The zero-order valence-electron chi connectivity index (χ0n) is 14.5. The molecule has 0 heterocycles. The summed E-state index contributed by atoms with van der Waals surface area (Å²) in [6, 6.07) is 12.4. The first-order chi connectivity index (χ1) is 12.0. The number of aryl methyl sites for hydroxylation is 1. The number of methoxy groups -OCH3 is 2. The van der Waals surface area contributed by atoms with Crippen molar-refractivity contribution in [2.45, 2.75) is 13.5 Å².